The van der Waals surface area contributed by atoms with Crippen LogP contribution in [0.15, 0.2) is 30.3 Å². The molecule has 0 saturated carbocycles. The number of benzene rings is 1. The van der Waals surface area contributed by atoms with Crippen molar-refractivity contribution in [2.24, 2.45) is 0 Å². The Balaban J connectivity index is 2.74. The third-order valence-electron chi connectivity index (χ3n) is 2.07. The SMILES string of the molecule is COC(=O)CC(NC=O)c1ccccc1. The van der Waals surface area contributed by atoms with Gasteiger partial charge in [0.2, 0.25) is 6.41 Å². The highest BCUT2D eigenvalue weighted by Gasteiger charge is 2.14. The van der Waals surface area contributed by atoms with Gasteiger partial charge >= 0.3 is 5.97 Å². The first-order chi connectivity index (χ1) is 7.27. The van der Waals surface area contributed by atoms with E-state index >= 15 is 0 Å². The van der Waals surface area contributed by atoms with E-state index < -0.39 is 0 Å². The van der Waals surface area contributed by atoms with Gasteiger partial charge in [0.15, 0.2) is 0 Å². The molecular formula is C11H13NO3. The predicted octanol–water partition coefficient (Wildman–Crippen LogP) is 1.04. The predicted molar refractivity (Wildman–Crippen MR) is 55.0 cm³/mol. The topological polar surface area (TPSA) is 55.4 Å². The first kappa shape index (κ1) is 11.2. The minimum absolute atomic E-state index is 0.138. The quantitative estimate of drug-likeness (QED) is 0.579. The molecule has 1 atom stereocenters. The van der Waals surface area contributed by atoms with Crippen molar-refractivity contribution in [2.45, 2.75) is 12.5 Å². The number of esters is 1. The van der Waals surface area contributed by atoms with Crippen molar-refractivity contribution in [1.29, 1.82) is 0 Å². The van der Waals surface area contributed by atoms with Crippen LogP contribution in [0.2, 0.25) is 0 Å². The molecule has 0 radical (unpaired) electrons. The van der Waals surface area contributed by atoms with Crippen molar-refractivity contribution in [1.82, 2.24) is 5.32 Å². The zero-order chi connectivity index (χ0) is 11.1. The van der Waals surface area contributed by atoms with Crippen LogP contribution in [0, 0.1) is 0 Å². The maximum Gasteiger partial charge on any atom is 0.307 e. The second kappa shape index (κ2) is 5.80. The summed E-state index contributed by atoms with van der Waals surface area (Å²) in [6.07, 6.45) is 0.722. The van der Waals surface area contributed by atoms with Gasteiger partial charge in [0.1, 0.15) is 0 Å². The molecule has 0 fully saturated rings. The van der Waals surface area contributed by atoms with Gasteiger partial charge in [0.25, 0.3) is 0 Å². The number of methoxy groups -OCH3 is 1. The number of hydrogen-bond donors (Lipinski definition) is 1. The zero-order valence-corrected chi connectivity index (χ0v) is 8.47. The van der Waals surface area contributed by atoms with E-state index in [2.05, 4.69) is 10.1 Å². The maximum absolute atomic E-state index is 11.1. The monoisotopic (exact) mass is 207 g/mol. The zero-order valence-electron chi connectivity index (χ0n) is 8.47. The normalized spacial score (nSPS) is 11.5. The number of carbonyl (C=O) groups is 2. The summed E-state index contributed by atoms with van der Waals surface area (Å²) in [5.41, 5.74) is 0.884. The third kappa shape index (κ3) is 3.42. The van der Waals surface area contributed by atoms with Gasteiger partial charge < -0.3 is 10.1 Å². The van der Waals surface area contributed by atoms with Gasteiger partial charge in [-0.25, -0.2) is 0 Å². The van der Waals surface area contributed by atoms with E-state index in [1.165, 1.54) is 7.11 Å². The molecule has 0 aliphatic rings. The van der Waals surface area contributed by atoms with Gasteiger partial charge in [-0.2, -0.15) is 0 Å². The van der Waals surface area contributed by atoms with Crippen molar-refractivity contribution in [3.63, 3.8) is 0 Å². The van der Waals surface area contributed by atoms with Crippen LogP contribution in [0.25, 0.3) is 0 Å². The molecule has 0 aromatic heterocycles. The summed E-state index contributed by atoms with van der Waals surface area (Å²) < 4.78 is 4.55. The smallest absolute Gasteiger partial charge is 0.307 e. The van der Waals surface area contributed by atoms with Crippen molar-refractivity contribution in [2.75, 3.05) is 7.11 Å². The van der Waals surface area contributed by atoms with Gasteiger partial charge in [-0.3, -0.25) is 9.59 Å². The van der Waals surface area contributed by atoms with Crippen LogP contribution in [0.5, 0.6) is 0 Å². The van der Waals surface area contributed by atoms with Crippen molar-refractivity contribution in [3.8, 4) is 0 Å². The van der Waals surface area contributed by atoms with E-state index in [4.69, 9.17) is 0 Å². The summed E-state index contributed by atoms with van der Waals surface area (Å²) in [6, 6.07) is 8.96. The van der Waals surface area contributed by atoms with Gasteiger partial charge in [-0.1, -0.05) is 30.3 Å². The molecule has 80 valence electrons. The Morgan fingerprint density at radius 3 is 2.67 bits per heavy atom. The fourth-order valence-electron chi connectivity index (χ4n) is 1.29. The van der Waals surface area contributed by atoms with Gasteiger partial charge in [-0.05, 0) is 5.56 Å². The number of amides is 1. The highest BCUT2D eigenvalue weighted by molar-refractivity contribution is 5.70. The third-order valence-corrected chi connectivity index (χ3v) is 2.07. The fourth-order valence-corrected chi connectivity index (χ4v) is 1.29. The standard InChI is InChI=1S/C11H13NO3/c1-15-11(14)7-10(12-8-13)9-5-3-2-4-6-9/h2-6,8,10H,7H2,1H3,(H,12,13). The fraction of sp³-hybridized carbons (Fsp3) is 0.273. The van der Waals surface area contributed by atoms with E-state index in [1.54, 1.807) is 0 Å². The largest absolute Gasteiger partial charge is 0.469 e. The van der Waals surface area contributed by atoms with Gasteiger partial charge in [0, 0.05) is 0 Å². The number of rotatable bonds is 5. The summed E-state index contributed by atoms with van der Waals surface area (Å²) in [7, 11) is 1.32. The highest BCUT2D eigenvalue weighted by Crippen LogP contribution is 2.16. The molecule has 1 N–H and O–H groups in total. The lowest BCUT2D eigenvalue weighted by Gasteiger charge is -2.14. The molecular weight excluding hydrogens is 194 g/mol. The van der Waals surface area contributed by atoms with Crippen LogP contribution in [0.3, 0.4) is 0 Å². The highest BCUT2D eigenvalue weighted by atomic mass is 16.5. The molecule has 0 spiro atoms. The molecule has 1 unspecified atom stereocenters. The summed E-state index contributed by atoms with van der Waals surface area (Å²) in [5.74, 6) is -0.349. The average Bonchev–Trinajstić information content (AvgIpc) is 2.29. The number of hydrogen-bond acceptors (Lipinski definition) is 3. The summed E-state index contributed by atoms with van der Waals surface area (Å²) in [5, 5.41) is 2.58. The lowest BCUT2D eigenvalue weighted by molar-refractivity contribution is -0.141. The Hall–Kier alpha value is -1.84. The van der Waals surface area contributed by atoms with Crippen LogP contribution in [0.1, 0.15) is 18.0 Å². The number of nitrogens with one attached hydrogen (secondary N) is 1. The maximum atomic E-state index is 11.1. The first-order valence-corrected chi connectivity index (χ1v) is 4.59. The molecule has 1 rings (SSSR count). The minimum Gasteiger partial charge on any atom is -0.469 e. The second-order valence-corrected chi connectivity index (χ2v) is 3.03. The molecule has 0 saturated heterocycles. The molecule has 4 nitrogen and oxygen atoms in total. The number of ether oxygens (including phenoxy) is 1. The Kier molecular flexibility index (Phi) is 4.34. The minimum atomic E-state index is -0.349. The molecule has 0 heterocycles. The Labute approximate surface area is 88.2 Å². The van der Waals surface area contributed by atoms with Crippen LogP contribution >= 0.6 is 0 Å². The Bertz CT molecular complexity index is 324. The molecule has 15 heavy (non-hydrogen) atoms. The first-order valence-electron chi connectivity index (χ1n) is 4.59. The molecule has 0 bridgehead atoms. The average molecular weight is 207 g/mol. The van der Waals surface area contributed by atoms with Crippen LogP contribution < -0.4 is 5.32 Å². The van der Waals surface area contributed by atoms with E-state index in [1.807, 2.05) is 30.3 Å². The van der Waals surface area contributed by atoms with Gasteiger partial charge in [0.05, 0.1) is 19.6 Å². The van der Waals surface area contributed by atoms with Gasteiger partial charge in [-0.15, -0.1) is 0 Å². The van der Waals surface area contributed by atoms with E-state index in [9.17, 15) is 9.59 Å². The van der Waals surface area contributed by atoms with Crippen molar-refractivity contribution < 1.29 is 14.3 Å². The molecule has 1 aromatic rings. The molecule has 1 aromatic carbocycles. The number of carbonyl (C=O) groups excluding carboxylic acids is 2. The van der Waals surface area contributed by atoms with Crippen LogP contribution in [0.4, 0.5) is 0 Å². The lowest BCUT2D eigenvalue weighted by atomic mass is 10.0. The molecule has 0 aliphatic carbocycles. The summed E-state index contributed by atoms with van der Waals surface area (Å²) in [4.78, 5) is 21.5. The Morgan fingerprint density at radius 1 is 1.47 bits per heavy atom. The molecule has 0 aliphatic heterocycles. The molecule has 1 amide bonds. The van der Waals surface area contributed by atoms with Crippen molar-refractivity contribution >= 4 is 12.4 Å². The Morgan fingerprint density at radius 2 is 2.13 bits per heavy atom. The van der Waals surface area contributed by atoms with Crippen molar-refractivity contribution in [3.05, 3.63) is 35.9 Å². The summed E-state index contributed by atoms with van der Waals surface area (Å²) in [6.45, 7) is 0. The second-order valence-electron chi connectivity index (χ2n) is 3.03. The summed E-state index contributed by atoms with van der Waals surface area (Å²) >= 11 is 0. The van der Waals surface area contributed by atoms with Crippen LogP contribution in [-0.4, -0.2) is 19.5 Å². The van der Waals surface area contributed by atoms with E-state index in [0.29, 0.717) is 6.41 Å². The van der Waals surface area contributed by atoms with E-state index in [-0.39, 0.29) is 18.4 Å². The molecule has 4 heteroatoms. The van der Waals surface area contributed by atoms with E-state index in [0.717, 1.165) is 5.56 Å². The van der Waals surface area contributed by atoms with Crippen LogP contribution in [-0.2, 0) is 14.3 Å². The lowest BCUT2D eigenvalue weighted by Crippen LogP contribution is -2.22.